The standard InChI is InChI=1S/C14H19BrO2/c1-11-5-6-14(12(8-11)9-15)17-10-13-4-2-3-7-16-13/h5-6,8,13H,2-4,7,9-10H2,1H3. The van der Waals surface area contributed by atoms with Gasteiger partial charge in [0.05, 0.1) is 6.10 Å². The Kier molecular flexibility index (Phi) is 4.86. The van der Waals surface area contributed by atoms with Crippen molar-refractivity contribution < 1.29 is 9.47 Å². The minimum atomic E-state index is 0.272. The van der Waals surface area contributed by atoms with Gasteiger partial charge in [-0.3, -0.25) is 0 Å². The fourth-order valence-electron chi connectivity index (χ4n) is 2.08. The second-order valence-corrected chi connectivity index (χ2v) is 5.11. The van der Waals surface area contributed by atoms with Crippen LogP contribution in [0.3, 0.4) is 0 Å². The first-order chi connectivity index (χ1) is 8.29. The van der Waals surface area contributed by atoms with Gasteiger partial charge in [0, 0.05) is 17.5 Å². The summed E-state index contributed by atoms with van der Waals surface area (Å²) in [5, 5.41) is 0.829. The molecule has 0 bridgehead atoms. The number of hydrogen-bond donors (Lipinski definition) is 0. The zero-order valence-electron chi connectivity index (χ0n) is 10.2. The van der Waals surface area contributed by atoms with Gasteiger partial charge in [0.2, 0.25) is 0 Å². The lowest BCUT2D eigenvalue weighted by atomic mass is 10.1. The summed E-state index contributed by atoms with van der Waals surface area (Å²) in [6.07, 6.45) is 3.84. The molecule has 0 saturated carbocycles. The summed E-state index contributed by atoms with van der Waals surface area (Å²) in [6.45, 7) is 3.65. The number of rotatable bonds is 4. The second kappa shape index (κ2) is 6.41. The van der Waals surface area contributed by atoms with E-state index in [0.717, 1.165) is 24.1 Å². The molecule has 0 N–H and O–H groups in total. The summed E-state index contributed by atoms with van der Waals surface area (Å²) < 4.78 is 11.5. The molecule has 3 heteroatoms. The van der Waals surface area contributed by atoms with Crippen LogP contribution in [0.1, 0.15) is 30.4 Å². The third-order valence-electron chi connectivity index (χ3n) is 3.06. The van der Waals surface area contributed by atoms with E-state index in [4.69, 9.17) is 9.47 Å². The summed E-state index contributed by atoms with van der Waals surface area (Å²) in [7, 11) is 0. The van der Waals surface area contributed by atoms with Gasteiger partial charge in [-0.05, 0) is 32.3 Å². The first-order valence-corrected chi connectivity index (χ1v) is 7.31. The predicted octanol–water partition coefficient (Wildman–Crippen LogP) is 3.84. The molecule has 94 valence electrons. The quantitative estimate of drug-likeness (QED) is 0.787. The maximum absolute atomic E-state index is 5.87. The van der Waals surface area contributed by atoms with Gasteiger partial charge < -0.3 is 9.47 Å². The fraction of sp³-hybridized carbons (Fsp3) is 0.571. The number of benzene rings is 1. The zero-order valence-corrected chi connectivity index (χ0v) is 11.8. The summed E-state index contributed by atoms with van der Waals surface area (Å²) in [4.78, 5) is 0. The van der Waals surface area contributed by atoms with E-state index in [2.05, 4.69) is 41.1 Å². The molecule has 2 nitrogen and oxygen atoms in total. The number of alkyl halides is 1. The Morgan fingerprint density at radius 2 is 2.29 bits per heavy atom. The lowest BCUT2D eigenvalue weighted by molar-refractivity contribution is -0.0112. The molecule has 1 aliphatic heterocycles. The molecule has 0 radical (unpaired) electrons. The van der Waals surface area contributed by atoms with Crippen LogP contribution >= 0.6 is 15.9 Å². The average Bonchev–Trinajstić information content (AvgIpc) is 2.38. The third-order valence-corrected chi connectivity index (χ3v) is 3.66. The van der Waals surface area contributed by atoms with E-state index >= 15 is 0 Å². The monoisotopic (exact) mass is 298 g/mol. The first-order valence-electron chi connectivity index (χ1n) is 6.19. The van der Waals surface area contributed by atoms with Gasteiger partial charge in [-0.1, -0.05) is 33.6 Å². The maximum Gasteiger partial charge on any atom is 0.123 e. The van der Waals surface area contributed by atoms with Crippen molar-refractivity contribution in [2.24, 2.45) is 0 Å². The second-order valence-electron chi connectivity index (χ2n) is 4.54. The number of halogens is 1. The smallest absolute Gasteiger partial charge is 0.123 e. The minimum absolute atomic E-state index is 0.272. The van der Waals surface area contributed by atoms with Crippen molar-refractivity contribution in [2.45, 2.75) is 37.6 Å². The Morgan fingerprint density at radius 1 is 1.41 bits per heavy atom. The highest BCUT2D eigenvalue weighted by molar-refractivity contribution is 9.08. The highest BCUT2D eigenvalue weighted by atomic mass is 79.9. The van der Waals surface area contributed by atoms with Crippen LogP contribution in [0.4, 0.5) is 0 Å². The van der Waals surface area contributed by atoms with Crippen molar-refractivity contribution in [2.75, 3.05) is 13.2 Å². The largest absolute Gasteiger partial charge is 0.491 e. The normalized spacial score (nSPS) is 20.2. The average molecular weight is 299 g/mol. The third kappa shape index (κ3) is 3.71. The first kappa shape index (κ1) is 12.9. The van der Waals surface area contributed by atoms with Crippen molar-refractivity contribution in [1.82, 2.24) is 0 Å². The highest BCUT2D eigenvalue weighted by Crippen LogP contribution is 2.23. The fourth-order valence-corrected chi connectivity index (χ4v) is 2.51. The minimum Gasteiger partial charge on any atom is -0.491 e. The topological polar surface area (TPSA) is 18.5 Å². The Balaban J connectivity index is 1.93. The maximum atomic E-state index is 5.87. The molecule has 1 heterocycles. The van der Waals surface area contributed by atoms with Crippen LogP contribution in [0, 0.1) is 6.92 Å². The molecule has 1 fully saturated rings. The lowest BCUT2D eigenvalue weighted by Gasteiger charge is -2.23. The SMILES string of the molecule is Cc1ccc(OCC2CCCCO2)c(CBr)c1. The van der Waals surface area contributed by atoms with Crippen molar-refractivity contribution in [1.29, 1.82) is 0 Å². The number of hydrogen-bond acceptors (Lipinski definition) is 2. The van der Waals surface area contributed by atoms with Gasteiger partial charge >= 0.3 is 0 Å². The Hall–Kier alpha value is -0.540. The molecule has 1 saturated heterocycles. The Bertz CT molecular complexity index is 359. The van der Waals surface area contributed by atoms with E-state index in [1.54, 1.807) is 0 Å². The van der Waals surface area contributed by atoms with Crippen molar-refractivity contribution >= 4 is 15.9 Å². The van der Waals surface area contributed by atoms with E-state index in [1.807, 2.05) is 0 Å². The number of aryl methyl sites for hydroxylation is 1. The molecule has 1 unspecified atom stereocenters. The summed E-state index contributed by atoms with van der Waals surface area (Å²) in [6, 6.07) is 6.30. The summed E-state index contributed by atoms with van der Waals surface area (Å²) >= 11 is 3.50. The number of ether oxygens (including phenoxy) is 2. The van der Waals surface area contributed by atoms with Crippen molar-refractivity contribution in [3.05, 3.63) is 29.3 Å². The van der Waals surface area contributed by atoms with Crippen molar-refractivity contribution in [3.8, 4) is 5.75 Å². The molecular weight excluding hydrogens is 280 g/mol. The van der Waals surface area contributed by atoms with Crippen LogP contribution in [0.5, 0.6) is 5.75 Å². The molecule has 2 rings (SSSR count). The van der Waals surface area contributed by atoms with Crippen molar-refractivity contribution in [3.63, 3.8) is 0 Å². The van der Waals surface area contributed by atoms with Crippen LogP contribution in [0.15, 0.2) is 18.2 Å². The van der Waals surface area contributed by atoms with E-state index in [0.29, 0.717) is 6.61 Å². The Labute approximate surface area is 111 Å². The van der Waals surface area contributed by atoms with Gasteiger partial charge in [-0.15, -0.1) is 0 Å². The molecule has 0 spiro atoms. The van der Waals surface area contributed by atoms with E-state index in [1.165, 1.54) is 24.0 Å². The van der Waals surface area contributed by atoms with E-state index in [-0.39, 0.29) is 6.10 Å². The van der Waals surface area contributed by atoms with E-state index < -0.39 is 0 Å². The summed E-state index contributed by atoms with van der Waals surface area (Å²) in [5.41, 5.74) is 2.47. The van der Waals surface area contributed by atoms with Crippen LogP contribution < -0.4 is 4.74 Å². The molecular formula is C14H19BrO2. The zero-order chi connectivity index (χ0) is 12.1. The van der Waals surface area contributed by atoms with Gasteiger partial charge in [0.25, 0.3) is 0 Å². The molecule has 0 aliphatic carbocycles. The molecule has 17 heavy (non-hydrogen) atoms. The highest BCUT2D eigenvalue weighted by Gasteiger charge is 2.15. The molecule has 0 amide bonds. The lowest BCUT2D eigenvalue weighted by Crippen LogP contribution is -2.26. The van der Waals surface area contributed by atoms with Gasteiger partial charge in [-0.2, -0.15) is 0 Å². The van der Waals surface area contributed by atoms with Crippen LogP contribution in [0.25, 0.3) is 0 Å². The molecule has 0 aromatic heterocycles. The van der Waals surface area contributed by atoms with Gasteiger partial charge in [-0.25, -0.2) is 0 Å². The molecule has 1 aliphatic rings. The predicted molar refractivity (Wildman–Crippen MR) is 72.9 cm³/mol. The Morgan fingerprint density at radius 3 is 3.00 bits per heavy atom. The van der Waals surface area contributed by atoms with Crippen LogP contribution in [-0.4, -0.2) is 19.3 Å². The molecule has 1 aromatic rings. The molecule has 1 aromatic carbocycles. The van der Waals surface area contributed by atoms with E-state index in [9.17, 15) is 0 Å². The molecule has 1 atom stereocenters. The van der Waals surface area contributed by atoms with Gasteiger partial charge in [0.1, 0.15) is 12.4 Å². The van der Waals surface area contributed by atoms with Crippen LogP contribution in [-0.2, 0) is 10.1 Å². The van der Waals surface area contributed by atoms with Gasteiger partial charge in [0.15, 0.2) is 0 Å². The van der Waals surface area contributed by atoms with Crippen LogP contribution in [0.2, 0.25) is 0 Å². The summed E-state index contributed by atoms with van der Waals surface area (Å²) in [5.74, 6) is 0.974.